The van der Waals surface area contributed by atoms with Crippen LogP contribution in [0, 0.1) is 6.92 Å². The number of ether oxygens (including phenoxy) is 1. The number of amides is 1. The maximum Gasteiger partial charge on any atom is 0.270 e. The number of aromatic nitrogens is 3. The third kappa shape index (κ3) is 4.89. The smallest absolute Gasteiger partial charge is 0.270 e. The first-order valence-corrected chi connectivity index (χ1v) is 11.4. The maximum atomic E-state index is 12.3. The quantitative estimate of drug-likeness (QED) is 0.609. The van der Waals surface area contributed by atoms with Crippen LogP contribution in [0.2, 0.25) is 0 Å². The van der Waals surface area contributed by atoms with Crippen LogP contribution in [0.15, 0.2) is 41.5 Å². The van der Waals surface area contributed by atoms with E-state index in [0.717, 1.165) is 61.4 Å². The van der Waals surface area contributed by atoms with Crippen molar-refractivity contribution in [1.29, 1.82) is 0 Å². The molecule has 3 aromatic heterocycles. The number of fused-ring (bicyclic) bond motifs is 1. The van der Waals surface area contributed by atoms with E-state index in [9.17, 15) is 9.59 Å². The van der Waals surface area contributed by atoms with Gasteiger partial charge < -0.3 is 19.9 Å². The largest absolute Gasteiger partial charge is 0.379 e. The first kappa shape index (κ1) is 21.5. The van der Waals surface area contributed by atoms with E-state index in [1.165, 1.54) is 0 Å². The second-order valence-corrected chi connectivity index (χ2v) is 8.76. The fourth-order valence-corrected chi connectivity index (χ4v) is 4.35. The summed E-state index contributed by atoms with van der Waals surface area (Å²) in [6, 6.07) is 7.67. The molecule has 33 heavy (non-hydrogen) atoms. The van der Waals surface area contributed by atoms with Crippen LogP contribution in [-0.4, -0.2) is 71.2 Å². The molecular weight excluding hydrogens is 420 g/mol. The summed E-state index contributed by atoms with van der Waals surface area (Å²) >= 11 is 0. The molecule has 5 rings (SSSR count). The number of aromatic amines is 1. The highest BCUT2D eigenvalue weighted by Gasteiger charge is 2.21. The molecule has 2 aliphatic rings. The van der Waals surface area contributed by atoms with Gasteiger partial charge >= 0.3 is 0 Å². The number of H-pyrrole nitrogens is 1. The van der Waals surface area contributed by atoms with Gasteiger partial charge in [-0.2, -0.15) is 0 Å². The van der Waals surface area contributed by atoms with Gasteiger partial charge in [-0.1, -0.05) is 0 Å². The standard InChI is InChI=1S/C24H28N6O3/c1-16-10-21-22(28-23(16)31)11-17(12-25-21)14-29-5-7-30(8-6-29)19-2-3-20(26-13-19)24(32)27-18-4-9-33-15-18/h2-3,10-13,18H,4-9,14-15H2,1H3,(H,27,32)(H,28,31). The molecule has 2 saturated heterocycles. The molecule has 1 atom stereocenters. The van der Waals surface area contributed by atoms with E-state index in [4.69, 9.17) is 4.74 Å². The number of piperazine rings is 1. The normalized spacial score (nSPS) is 19.2. The molecule has 2 N–H and O–H groups in total. The minimum absolute atomic E-state index is 0.0697. The third-order valence-electron chi connectivity index (χ3n) is 6.32. The molecule has 0 radical (unpaired) electrons. The van der Waals surface area contributed by atoms with Gasteiger partial charge in [0.05, 0.1) is 35.6 Å². The van der Waals surface area contributed by atoms with E-state index >= 15 is 0 Å². The number of nitrogens with one attached hydrogen (secondary N) is 2. The van der Waals surface area contributed by atoms with Crippen molar-refractivity contribution in [2.45, 2.75) is 25.9 Å². The van der Waals surface area contributed by atoms with Gasteiger partial charge in [0.15, 0.2) is 0 Å². The number of hydrogen-bond acceptors (Lipinski definition) is 7. The molecule has 9 heteroatoms. The Morgan fingerprint density at radius 1 is 1.18 bits per heavy atom. The van der Waals surface area contributed by atoms with Gasteiger partial charge in [0.2, 0.25) is 0 Å². The van der Waals surface area contributed by atoms with Gasteiger partial charge in [0.25, 0.3) is 11.5 Å². The molecule has 0 aromatic carbocycles. The highest BCUT2D eigenvalue weighted by Crippen LogP contribution is 2.18. The van der Waals surface area contributed by atoms with E-state index < -0.39 is 0 Å². The maximum absolute atomic E-state index is 12.3. The van der Waals surface area contributed by atoms with Crippen LogP contribution < -0.4 is 15.8 Å². The SMILES string of the molecule is Cc1cc2ncc(CN3CCN(c4ccc(C(=O)NC5CCOC5)nc4)CC3)cc2[nH]c1=O. The lowest BCUT2D eigenvalue weighted by atomic mass is 10.2. The van der Waals surface area contributed by atoms with Gasteiger partial charge in [-0.25, -0.2) is 4.98 Å². The summed E-state index contributed by atoms with van der Waals surface area (Å²) < 4.78 is 5.30. The number of pyridine rings is 3. The summed E-state index contributed by atoms with van der Waals surface area (Å²) in [5, 5.41) is 2.97. The number of carbonyl (C=O) groups is 1. The van der Waals surface area contributed by atoms with Crippen molar-refractivity contribution in [3.8, 4) is 0 Å². The Hall–Kier alpha value is -3.30. The van der Waals surface area contributed by atoms with Crippen molar-refractivity contribution in [2.24, 2.45) is 0 Å². The monoisotopic (exact) mass is 448 g/mol. The zero-order valence-electron chi connectivity index (χ0n) is 18.7. The van der Waals surface area contributed by atoms with Crippen molar-refractivity contribution in [3.05, 3.63) is 63.8 Å². The van der Waals surface area contributed by atoms with Gasteiger partial charge in [0, 0.05) is 51.1 Å². The van der Waals surface area contributed by atoms with E-state index in [1.807, 2.05) is 24.4 Å². The number of aryl methyl sites for hydroxylation is 1. The minimum atomic E-state index is -0.151. The molecule has 172 valence electrons. The molecule has 0 bridgehead atoms. The topological polar surface area (TPSA) is 103 Å². The molecule has 9 nitrogen and oxygen atoms in total. The number of carbonyl (C=O) groups excluding carboxylic acids is 1. The molecule has 1 amide bonds. The van der Waals surface area contributed by atoms with E-state index in [2.05, 4.69) is 30.1 Å². The highest BCUT2D eigenvalue weighted by atomic mass is 16.5. The van der Waals surface area contributed by atoms with Crippen molar-refractivity contribution in [2.75, 3.05) is 44.3 Å². The Balaban J connectivity index is 1.16. The fraction of sp³-hybridized carbons (Fsp3) is 0.417. The second-order valence-electron chi connectivity index (χ2n) is 8.76. The zero-order chi connectivity index (χ0) is 22.8. The second kappa shape index (κ2) is 9.29. The Morgan fingerprint density at radius 3 is 2.76 bits per heavy atom. The Kier molecular flexibility index (Phi) is 6.06. The van der Waals surface area contributed by atoms with Gasteiger partial charge in [0.1, 0.15) is 5.69 Å². The van der Waals surface area contributed by atoms with Crippen molar-refractivity contribution in [1.82, 2.24) is 25.2 Å². The van der Waals surface area contributed by atoms with Crippen LogP contribution in [0.1, 0.15) is 28.0 Å². The summed E-state index contributed by atoms with van der Waals surface area (Å²) in [6.45, 7) is 7.42. The van der Waals surface area contributed by atoms with Crippen LogP contribution in [-0.2, 0) is 11.3 Å². The van der Waals surface area contributed by atoms with Crippen LogP contribution >= 0.6 is 0 Å². The first-order chi connectivity index (χ1) is 16.0. The van der Waals surface area contributed by atoms with Crippen LogP contribution in [0.3, 0.4) is 0 Å². The average Bonchev–Trinajstić information content (AvgIpc) is 3.34. The molecule has 1 unspecified atom stereocenters. The molecule has 2 aliphatic heterocycles. The summed E-state index contributed by atoms with van der Waals surface area (Å²) in [4.78, 5) is 40.7. The van der Waals surface area contributed by atoms with Gasteiger partial charge in [-0.15, -0.1) is 0 Å². The Labute approximate surface area is 191 Å². The van der Waals surface area contributed by atoms with Crippen LogP contribution in [0.4, 0.5) is 5.69 Å². The van der Waals surface area contributed by atoms with Crippen molar-refractivity contribution < 1.29 is 9.53 Å². The summed E-state index contributed by atoms with van der Waals surface area (Å²) in [5.41, 5.74) is 4.72. The van der Waals surface area contributed by atoms with Crippen LogP contribution in [0.5, 0.6) is 0 Å². The molecule has 5 heterocycles. The van der Waals surface area contributed by atoms with E-state index in [1.54, 1.807) is 19.2 Å². The highest BCUT2D eigenvalue weighted by molar-refractivity contribution is 5.92. The number of hydrogen-bond donors (Lipinski definition) is 2. The van der Waals surface area contributed by atoms with E-state index in [-0.39, 0.29) is 17.5 Å². The molecule has 3 aromatic rings. The van der Waals surface area contributed by atoms with Crippen molar-refractivity contribution in [3.63, 3.8) is 0 Å². The zero-order valence-corrected chi connectivity index (χ0v) is 18.7. The number of nitrogens with zero attached hydrogens (tertiary/aromatic N) is 4. The summed E-state index contributed by atoms with van der Waals surface area (Å²) in [7, 11) is 0. The molecule has 0 aliphatic carbocycles. The third-order valence-corrected chi connectivity index (χ3v) is 6.32. The molecule has 0 spiro atoms. The lowest BCUT2D eigenvalue weighted by Gasteiger charge is -2.36. The molecule has 0 saturated carbocycles. The summed E-state index contributed by atoms with van der Waals surface area (Å²) in [6.07, 6.45) is 4.51. The van der Waals surface area contributed by atoms with E-state index in [0.29, 0.717) is 24.5 Å². The average molecular weight is 449 g/mol. The lowest BCUT2D eigenvalue weighted by Crippen LogP contribution is -2.46. The predicted molar refractivity (Wildman–Crippen MR) is 126 cm³/mol. The summed E-state index contributed by atoms with van der Waals surface area (Å²) in [5.74, 6) is -0.151. The van der Waals surface area contributed by atoms with Gasteiger partial charge in [-0.3, -0.25) is 19.5 Å². The number of rotatable bonds is 5. The predicted octanol–water partition coefficient (Wildman–Crippen LogP) is 1.47. The Bertz CT molecular complexity index is 1200. The fourth-order valence-electron chi connectivity index (χ4n) is 4.35. The Morgan fingerprint density at radius 2 is 2.03 bits per heavy atom. The minimum Gasteiger partial charge on any atom is -0.379 e. The molecular formula is C24H28N6O3. The number of anilines is 1. The van der Waals surface area contributed by atoms with Gasteiger partial charge in [-0.05, 0) is 43.2 Å². The van der Waals surface area contributed by atoms with Crippen molar-refractivity contribution >= 4 is 22.6 Å². The first-order valence-electron chi connectivity index (χ1n) is 11.4. The lowest BCUT2D eigenvalue weighted by molar-refractivity contribution is 0.0925. The van der Waals surface area contributed by atoms with Crippen LogP contribution in [0.25, 0.3) is 11.0 Å². The molecule has 2 fully saturated rings.